The fraction of sp³-hybridized carbons (Fsp3) is 0.375. The molecule has 0 bridgehead atoms. The van der Waals surface area contributed by atoms with Crippen LogP contribution < -0.4 is 16.0 Å². The van der Waals surface area contributed by atoms with Gasteiger partial charge in [0, 0.05) is 20.3 Å². The number of alkyl carbamates (subject to hydrolysis) is 1. The monoisotopic (exact) mass is 694 g/mol. The number of aromatic nitrogens is 2. The summed E-state index contributed by atoms with van der Waals surface area (Å²) in [5.41, 5.74) is 0.604. The molecule has 0 saturated heterocycles. The number of hydrogen-bond acceptors (Lipinski definition) is 6. The second-order valence-corrected chi connectivity index (χ2v) is 14.5. The van der Waals surface area contributed by atoms with E-state index in [0.29, 0.717) is 19.3 Å². The Morgan fingerprint density at radius 1 is 0.824 bits per heavy atom. The number of rotatable bonds is 13. The largest absolute Gasteiger partial charge is 0.444 e. The van der Waals surface area contributed by atoms with Crippen LogP contribution in [0.2, 0.25) is 0 Å². The highest BCUT2D eigenvalue weighted by Gasteiger charge is 2.39. The summed E-state index contributed by atoms with van der Waals surface area (Å²) in [6, 6.07) is 26.7. The van der Waals surface area contributed by atoms with E-state index in [-0.39, 0.29) is 11.7 Å². The number of carbonyl (C=O) groups is 4. The maximum absolute atomic E-state index is 13.8. The highest BCUT2D eigenvalue weighted by Crippen LogP contribution is 2.31. The van der Waals surface area contributed by atoms with Crippen LogP contribution in [0.25, 0.3) is 11.1 Å². The topological polar surface area (TPSA) is 135 Å². The molecule has 0 aliphatic carbocycles. The summed E-state index contributed by atoms with van der Waals surface area (Å²) in [5, 5.41) is 8.27. The van der Waals surface area contributed by atoms with Crippen LogP contribution in [0.5, 0.6) is 0 Å². The van der Waals surface area contributed by atoms with Gasteiger partial charge in [0.05, 0.1) is 6.33 Å². The molecule has 0 radical (unpaired) electrons. The van der Waals surface area contributed by atoms with E-state index >= 15 is 0 Å². The number of hydrogen-bond donors (Lipinski definition) is 3. The van der Waals surface area contributed by atoms with Gasteiger partial charge in [-0.15, -0.1) is 0 Å². The fourth-order valence-electron chi connectivity index (χ4n) is 5.66. The van der Waals surface area contributed by atoms with Crippen molar-refractivity contribution in [2.24, 2.45) is 0 Å². The first kappa shape index (κ1) is 38.4. The van der Waals surface area contributed by atoms with E-state index in [0.717, 1.165) is 22.3 Å². The average Bonchev–Trinajstić information content (AvgIpc) is 3.55. The highest BCUT2D eigenvalue weighted by atomic mass is 16.6. The molecule has 4 amide bonds. The van der Waals surface area contributed by atoms with Gasteiger partial charge in [-0.05, 0) is 83.1 Å². The van der Waals surface area contributed by atoms with Gasteiger partial charge in [-0.25, -0.2) is 9.78 Å². The lowest BCUT2D eigenvalue weighted by atomic mass is 9.88. The molecule has 2 atom stereocenters. The molecule has 0 saturated carbocycles. The van der Waals surface area contributed by atoms with Crippen molar-refractivity contribution in [3.05, 3.63) is 109 Å². The number of nitrogens with one attached hydrogen (secondary N) is 3. The summed E-state index contributed by atoms with van der Waals surface area (Å²) in [6.07, 6.45) is 4.00. The third kappa shape index (κ3) is 10.1. The Balaban J connectivity index is 1.56. The molecule has 11 heteroatoms. The van der Waals surface area contributed by atoms with Gasteiger partial charge in [0.2, 0.25) is 11.8 Å². The molecule has 0 spiro atoms. The molecular weight excluding hydrogens is 644 g/mol. The quantitative estimate of drug-likeness (QED) is 0.154. The van der Waals surface area contributed by atoms with Crippen molar-refractivity contribution in [1.29, 1.82) is 0 Å². The van der Waals surface area contributed by atoms with Crippen molar-refractivity contribution in [3.63, 3.8) is 0 Å². The molecule has 11 nitrogen and oxygen atoms in total. The van der Waals surface area contributed by atoms with Crippen LogP contribution in [0.15, 0.2) is 97.5 Å². The molecule has 0 aliphatic heterocycles. The van der Waals surface area contributed by atoms with E-state index in [9.17, 15) is 19.2 Å². The number of anilines is 1. The number of aryl methyl sites for hydroxylation is 1. The highest BCUT2D eigenvalue weighted by molar-refractivity contribution is 5.98. The fourth-order valence-corrected chi connectivity index (χ4v) is 5.66. The average molecular weight is 695 g/mol. The zero-order valence-electron chi connectivity index (χ0n) is 30.8. The van der Waals surface area contributed by atoms with Gasteiger partial charge >= 0.3 is 6.09 Å². The molecule has 1 aromatic heterocycles. The van der Waals surface area contributed by atoms with Gasteiger partial charge in [0.25, 0.3) is 5.91 Å². The Morgan fingerprint density at radius 2 is 1.41 bits per heavy atom. The van der Waals surface area contributed by atoms with Crippen molar-refractivity contribution in [2.45, 2.75) is 83.5 Å². The first-order valence-corrected chi connectivity index (χ1v) is 17.1. The standard InChI is InChI=1S/C40H50N6O5/c1-38(2,3)51-37(50)44-39(4,5)35(48)42-32(21-15-18-28-16-11-9-12-17-28)34(47)43-33-26-46(27-41-33)40(6,36(49)45(7)8)31-24-22-30(23-25-31)29-19-13-10-14-20-29/h9-14,16-17,19-20,22-27,32H,15,18,21H2,1-8H3,(H,42,48)(H,43,47)(H,44,50). The van der Waals surface area contributed by atoms with Crippen LogP contribution in [0.4, 0.5) is 10.6 Å². The van der Waals surface area contributed by atoms with Gasteiger partial charge in [-0.1, -0.05) is 84.9 Å². The third-order valence-electron chi connectivity index (χ3n) is 8.53. The van der Waals surface area contributed by atoms with Crippen LogP contribution in [0, 0.1) is 0 Å². The summed E-state index contributed by atoms with van der Waals surface area (Å²) in [6.45, 7) is 10.1. The predicted octanol–water partition coefficient (Wildman–Crippen LogP) is 6.15. The normalized spacial score (nSPS) is 13.3. The zero-order chi connectivity index (χ0) is 37.4. The number of ether oxygens (including phenoxy) is 1. The Morgan fingerprint density at radius 3 is 2.00 bits per heavy atom. The van der Waals surface area contributed by atoms with Crippen molar-refractivity contribution in [2.75, 3.05) is 19.4 Å². The summed E-state index contributed by atoms with van der Waals surface area (Å²) >= 11 is 0. The summed E-state index contributed by atoms with van der Waals surface area (Å²) in [4.78, 5) is 59.5. The second kappa shape index (κ2) is 16.1. The minimum atomic E-state index is -1.38. The first-order valence-electron chi connectivity index (χ1n) is 17.1. The van der Waals surface area contributed by atoms with E-state index in [1.807, 2.05) is 91.9 Å². The Hall–Kier alpha value is -5.45. The molecule has 4 aromatic rings. The van der Waals surface area contributed by atoms with E-state index < -0.39 is 40.6 Å². The summed E-state index contributed by atoms with van der Waals surface area (Å²) in [5.74, 6) is -1.01. The molecule has 0 aliphatic rings. The Labute approximate surface area is 300 Å². The Kier molecular flexibility index (Phi) is 12.1. The van der Waals surface area contributed by atoms with Crippen LogP contribution in [-0.2, 0) is 31.1 Å². The molecule has 270 valence electrons. The van der Waals surface area contributed by atoms with Crippen molar-refractivity contribution >= 4 is 29.6 Å². The predicted molar refractivity (Wildman–Crippen MR) is 199 cm³/mol. The number of carbonyl (C=O) groups excluding carboxylic acids is 4. The SMILES string of the molecule is CN(C)C(=O)C(C)(c1ccc(-c2ccccc2)cc1)n1cnc(NC(=O)C(CCCc2ccccc2)NC(=O)C(C)(C)NC(=O)OC(C)(C)C)c1. The molecule has 0 fully saturated rings. The van der Waals surface area contributed by atoms with Gasteiger partial charge in [-0.2, -0.15) is 0 Å². The van der Waals surface area contributed by atoms with Crippen LogP contribution in [-0.4, -0.2) is 69.5 Å². The van der Waals surface area contributed by atoms with E-state index in [2.05, 4.69) is 20.9 Å². The van der Waals surface area contributed by atoms with E-state index in [1.54, 1.807) is 59.5 Å². The number of nitrogens with zero attached hydrogens (tertiary/aromatic N) is 3. The van der Waals surface area contributed by atoms with Gasteiger partial charge < -0.3 is 30.2 Å². The van der Waals surface area contributed by atoms with Gasteiger partial charge in [-0.3, -0.25) is 14.4 Å². The molecule has 4 rings (SSSR count). The van der Waals surface area contributed by atoms with Crippen molar-refractivity contribution < 1.29 is 23.9 Å². The smallest absolute Gasteiger partial charge is 0.408 e. The van der Waals surface area contributed by atoms with Crippen LogP contribution in [0.1, 0.15) is 65.5 Å². The van der Waals surface area contributed by atoms with Gasteiger partial charge in [0.1, 0.15) is 22.7 Å². The maximum Gasteiger partial charge on any atom is 0.408 e. The van der Waals surface area contributed by atoms with Crippen LogP contribution in [0.3, 0.4) is 0 Å². The minimum absolute atomic E-state index is 0.184. The zero-order valence-corrected chi connectivity index (χ0v) is 30.8. The van der Waals surface area contributed by atoms with E-state index in [1.165, 1.54) is 11.2 Å². The van der Waals surface area contributed by atoms with Crippen molar-refractivity contribution in [3.8, 4) is 11.1 Å². The Bertz CT molecular complexity index is 1800. The molecule has 3 aromatic carbocycles. The molecule has 2 unspecified atom stereocenters. The minimum Gasteiger partial charge on any atom is -0.444 e. The lowest BCUT2D eigenvalue weighted by Gasteiger charge is -2.33. The number of benzene rings is 3. The third-order valence-corrected chi connectivity index (χ3v) is 8.53. The summed E-state index contributed by atoms with van der Waals surface area (Å²) < 4.78 is 7.02. The second-order valence-electron chi connectivity index (χ2n) is 14.5. The first-order chi connectivity index (χ1) is 24.0. The number of amides is 4. The van der Waals surface area contributed by atoms with E-state index in [4.69, 9.17) is 4.74 Å². The number of likely N-dealkylation sites (N-methyl/N-ethyl adjacent to an activating group) is 1. The summed E-state index contributed by atoms with van der Waals surface area (Å²) in [7, 11) is 3.39. The molecule has 1 heterocycles. The lowest BCUT2D eigenvalue weighted by molar-refractivity contribution is -0.135. The lowest BCUT2D eigenvalue weighted by Crippen LogP contribution is -2.58. The number of imidazole rings is 1. The maximum atomic E-state index is 13.8. The molecule has 51 heavy (non-hydrogen) atoms. The van der Waals surface area contributed by atoms with Crippen LogP contribution >= 0.6 is 0 Å². The van der Waals surface area contributed by atoms with Crippen molar-refractivity contribution in [1.82, 2.24) is 25.1 Å². The molecule has 3 N–H and O–H groups in total. The van der Waals surface area contributed by atoms with Gasteiger partial charge in [0.15, 0.2) is 5.82 Å². The molecular formula is C40H50N6O5.